The van der Waals surface area contributed by atoms with Gasteiger partial charge in [0.2, 0.25) is 0 Å². The number of phenols is 1. The molecule has 0 radical (unpaired) electrons. The van der Waals surface area contributed by atoms with Crippen molar-refractivity contribution >= 4 is 46.3 Å². The monoisotopic (exact) mass is 469 g/mol. The van der Waals surface area contributed by atoms with Gasteiger partial charge in [0.05, 0.1) is 28.8 Å². The second-order valence-electron chi connectivity index (χ2n) is 7.07. The second-order valence-corrected chi connectivity index (χ2v) is 7.88. The number of amides is 1. The Hall–Kier alpha value is -3.48. The zero-order valence-corrected chi connectivity index (χ0v) is 18.3. The van der Waals surface area contributed by atoms with Gasteiger partial charge in [0.15, 0.2) is 5.75 Å². The third kappa shape index (κ3) is 3.68. The number of para-hydroxylation sites is 1. The van der Waals surface area contributed by atoms with Crippen molar-refractivity contribution < 1.29 is 24.5 Å². The molecule has 8 heteroatoms. The number of phenolic OH excluding ortho intramolecular Hbond substituents is 1. The zero-order valence-electron chi connectivity index (χ0n) is 16.8. The van der Waals surface area contributed by atoms with Gasteiger partial charge in [0.1, 0.15) is 11.5 Å². The lowest BCUT2D eigenvalue weighted by atomic mass is 9.95. The van der Waals surface area contributed by atoms with Gasteiger partial charge in [-0.1, -0.05) is 53.5 Å². The van der Waals surface area contributed by atoms with Crippen LogP contribution >= 0.6 is 23.2 Å². The van der Waals surface area contributed by atoms with Crippen LogP contribution in [0.4, 0.5) is 5.69 Å². The summed E-state index contributed by atoms with van der Waals surface area (Å²) in [6, 6.07) is 16.6. The van der Waals surface area contributed by atoms with Crippen molar-refractivity contribution in [2.75, 3.05) is 12.0 Å². The molecule has 1 aliphatic rings. The van der Waals surface area contributed by atoms with Crippen LogP contribution in [0, 0.1) is 0 Å². The molecule has 32 heavy (non-hydrogen) atoms. The molecule has 1 unspecified atom stereocenters. The van der Waals surface area contributed by atoms with Crippen LogP contribution in [0.5, 0.6) is 11.5 Å². The number of rotatable bonds is 4. The van der Waals surface area contributed by atoms with E-state index in [1.54, 1.807) is 42.5 Å². The molecule has 0 spiro atoms. The fourth-order valence-electron chi connectivity index (χ4n) is 3.71. The molecule has 1 aliphatic heterocycles. The van der Waals surface area contributed by atoms with E-state index >= 15 is 0 Å². The lowest BCUT2D eigenvalue weighted by molar-refractivity contribution is -0.132. The molecule has 1 atom stereocenters. The summed E-state index contributed by atoms with van der Waals surface area (Å²) in [5, 5.41) is 21.1. The lowest BCUT2D eigenvalue weighted by Crippen LogP contribution is -2.29. The number of aliphatic hydroxyl groups excluding tert-OH is 1. The molecule has 162 valence electrons. The van der Waals surface area contributed by atoms with Crippen LogP contribution in [0.2, 0.25) is 10.0 Å². The molecule has 6 nitrogen and oxygen atoms in total. The summed E-state index contributed by atoms with van der Waals surface area (Å²) in [7, 11) is 1.41. The molecule has 0 saturated carbocycles. The smallest absolute Gasteiger partial charge is 0.300 e. The molecule has 0 bridgehead atoms. The molecule has 0 aliphatic carbocycles. The second kappa shape index (κ2) is 8.57. The van der Waals surface area contributed by atoms with E-state index in [2.05, 4.69) is 0 Å². The maximum atomic E-state index is 13.1. The molecule has 1 amide bonds. The van der Waals surface area contributed by atoms with Crippen molar-refractivity contribution in [2.24, 2.45) is 0 Å². The van der Waals surface area contributed by atoms with E-state index in [0.717, 1.165) is 0 Å². The number of halogens is 2. The fourth-order valence-corrected chi connectivity index (χ4v) is 4.35. The number of hydrogen-bond acceptors (Lipinski definition) is 5. The summed E-state index contributed by atoms with van der Waals surface area (Å²) in [5.74, 6) is -1.82. The Morgan fingerprint density at radius 3 is 2.12 bits per heavy atom. The fraction of sp³-hybridized carbons (Fsp3) is 0.0833. The Kier molecular flexibility index (Phi) is 5.82. The normalized spacial score (nSPS) is 17.6. The highest BCUT2D eigenvalue weighted by atomic mass is 35.5. The van der Waals surface area contributed by atoms with E-state index in [-0.39, 0.29) is 32.7 Å². The third-order valence-corrected chi connectivity index (χ3v) is 5.72. The van der Waals surface area contributed by atoms with Gasteiger partial charge in [0.25, 0.3) is 11.7 Å². The molecule has 0 aromatic heterocycles. The largest absolute Gasteiger partial charge is 0.508 e. The van der Waals surface area contributed by atoms with Gasteiger partial charge in [-0.3, -0.25) is 14.5 Å². The van der Waals surface area contributed by atoms with Crippen LogP contribution in [0.3, 0.4) is 0 Å². The van der Waals surface area contributed by atoms with Crippen LogP contribution in [0.1, 0.15) is 17.2 Å². The number of carbonyl (C=O) groups excluding carboxylic acids is 2. The van der Waals surface area contributed by atoms with Gasteiger partial charge in [-0.2, -0.15) is 0 Å². The van der Waals surface area contributed by atoms with Crippen molar-refractivity contribution in [3.8, 4) is 11.5 Å². The highest BCUT2D eigenvalue weighted by Gasteiger charge is 2.47. The van der Waals surface area contributed by atoms with Gasteiger partial charge in [0, 0.05) is 11.3 Å². The zero-order chi connectivity index (χ0) is 23.0. The Bertz CT molecular complexity index is 1220. The first-order valence-corrected chi connectivity index (χ1v) is 10.3. The van der Waals surface area contributed by atoms with Crippen molar-refractivity contribution in [2.45, 2.75) is 6.04 Å². The van der Waals surface area contributed by atoms with Gasteiger partial charge in [-0.25, -0.2) is 0 Å². The number of Topliss-reactive ketones (excluding diaryl/α,β-unsaturated/α-hetero) is 1. The van der Waals surface area contributed by atoms with Crippen molar-refractivity contribution in [1.82, 2.24) is 0 Å². The van der Waals surface area contributed by atoms with Gasteiger partial charge in [-0.15, -0.1) is 0 Å². The van der Waals surface area contributed by atoms with E-state index in [4.69, 9.17) is 27.9 Å². The Labute approximate surface area is 193 Å². The predicted molar refractivity (Wildman–Crippen MR) is 122 cm³/mol. The minimum absolute atomic E-state index is 0.0270. The number of aromatic hydroxyl groups is 1. The van der Waals surface area contributed by atoms with E-state index in [9.17, 15) is 19.8 Å². The van der Waals surface area contributed by atoms with Crippen molar-refractivity contribution in [1.29, 1.82) is 0 Å². The molecule has 1 saturated heterocycles. The number of aliphatic hydroxyl groups is 1. The van der Waals surface area contributed by atoms with Crippen LogP contribution < -0.4 is 9.64 Å². The quantitative estimate of drug-likeness (QED) is 0.306. The van der Waals surface area contributed by atoms with Crippen LogP contribution in [0.25, 0.3) is 5.76 Å². The first-order chi connectivity index (χ1) is 15.3. The Balaban J connectivity index is 1.95. The van der Waals surface area contributed by atoms with Gasteiger partial charge >= 0.3 is 0 Å². The topological polar surface area (TPSA) is 87.1 Å². The molecule has 4 rings (SSSR count). The molecule has 1 fully saturated rings. The average molecular weight is 470 g/mol. The SMILES string of the molecule is COc1c(Cl)cc(/C(O)=C2\C(=O)C(=O)N(c3ccccc3)C2c2ccc(O)cc2)cc1Cl. The van der Waals surface area contributed by atoms with Crippen LogP contribution in [0.15, 0.2) is 72.3 Å². The highest BCUT2D eigenvalue weighted by Crippen LogP contribution is 2.43. The van der Waals surface area contributed by atoms with Gasteiger partial charge in [-0.05, 0) is 42.0 Å². The van der Waals surface area contributed by atoms with E-state index in [1.165, 1.54) is 36.3 Å². The number of ketones is 1. The number of carbonyl (C=O) groups is 2. The first-order valence-electron chi connectivity index (χ1n) is 9.52. The summed E-state index contributed by atoms with van der Waals surface area (Å²) < 4.78 is 5.14. The molecule has 2 N–H and O–H groups in total. The average Bonchev–Trinajstić information content (AvgIpc) is 3.04. The number of hydrogen-bond donors (Lipinski definition) is 2. The van der Waals surface area contributed by atoms with E-state index < -0.39 is 23.5 Å². The third-order valence-electron chi connectivity index (χ3n) is 5.16. The summed E-state index contributed by atoms with van der Waals surface area (Å²) in [6.07, 6.45) is 0. The van der Waals surface area contributed by atoms with Gasteiger partial charge < -0.3 is 14.9 Å². The summed E-state index contributed by atoms with van der Waals surface area (Å²) in [5.41, 5.74) is 1.05. The highest BCUT2D eigenvalue weighted by molar-refractivity contribution is 6.51. The standard InChI is InChI=1S/C24H17Cl2NO5/c1-32-23-17(25)11-14(12-18(23)26)21(29)19-20(13-7-9-16(28)10-8-13)27(24(31)22(19)30)15-5-3-2-4-6-15/h2-12,20,28-29H,1H3/b21-19+. The Morgan fingerprint density at radius 1 is 0.969 bits per heavy atom. The summed E-state index contributed by atoms with van der Waals surface area (Å²) in [4.78, 5) is 27.5. The first kappa shape index (κ1) is 21.7. The maximum Gasteiger partial charge on any atom is 0.300 e. The van der Waals surface area contributed by atoms with E-state index in [1.807, 2.05) is 0 Å². The molecule has 3 aromatic carbocycles. The minimum atomic E-state index is -0.933. The maximum absolute atomic E-state index is 13.1. The number of benzene rings is 3. The van der Waals surface area contributed by atoms with Crippen molar-refractivity contribution in [3.63, 3.8) is 0 Å². The number of methoxy groups -OCH3 is 1. The number of nitrogens with zero attached hydrogens (tertiary/aromatic N) is 1. The van der Waals surface area contributed by atoms with E-state index in [0.29, 0.717) is 11.3 Å². The predicted octanol–water partition coefficient (Wildman–Crippen LogP) is 5.33. The number of ether oxygens (including phenoxy) is 1. The minimum Gasteiger partial charge on any atom is -0.508 e. The molecule has 1 heterocycles. The molecular formula is C24H17Cl2NO5. The summed E-state index contributed by atoms with van der Waals surface area (Å²) in [6.45, 7) is 0. The summed E-state index contributed by atoms with van der Waals surface area (Å²) >= 11 is 12.4. The van der Waals surface area contributed by atoms with Crippen LogP contribution in [-0.2, 0) is 9.59 Å². The lowest BCUT2D eigenvalue weighted by Gasteiger charge is -2.25. The number of anilines is 1. The Morgan fingerprint density at radius 2 is 1.56 bits per heavy atom. The molecule has 3 aromatic rings. The molecular weight excluding hydrogens is 453 g/mol. The van der Waals surface area contributed by atoms with Crippen molar-refractivity contribution in [3.05, 3.63) is 93.5 Å². The van der Waals surface area contributed by atoms with Crippen LogP contribution in [-0.4, -0.2) is 29.0 Å².